The Balaban J connectivity index is 1.67. The molecule has 0 fully saturated rings. The van der Waals surface area contributed by atoms with Crippen LogP contribution in [-0.4, -0.2) is 54.3 Å². The highest BCUT2D eigenvalue weighted by atomic mass is 15.5. The molecule has 0 saturated carbocycles. The van der Waals surface area contributed by atoms with Crippen LogP contribution in [0.1, 0.15) is 30.5 Å². The van der Waals surface area contributed by atoms with Gasteiger partial charge < -0.3 is 21.4 Å². The Kier molecular flexibility index (Phi) is 7.89. The molecule has 0 spiro atoms. The fourth-order valence-corrected chi connectivity index (χ4v) is 4.08. The van der Waals surface area contributed by atoms with Crippen molar-refractivity contribution in [3.05, 3.63) is 89.0 Å². The van der Waals surface area contributed by atoms with Gasteiger partial charge in [0.2, 0.25) is 0 Å². The van der Waals surface area contributed by atoms with Crippen LogP contribution in [0.15, 0.2) is 77.3 Å². The molecule has 0 bridgehead atoms. The maximum atomic E-state index is 6.65. The number of hydrogen-bond donors (Lipinski definition) is 3. The lowest BCUT2D eigenvalue weighted by Gasteiger charge is -2.28. The van der Waals surface area contributed by atoms with E-state index < -0.39 is 0 Å². The monoisotopic (exact) mass is 496 g/mol. The van der Waals surface area contributed by atoms with Crippen molar-refractivity contribution >= 4 is 34.3 Å². The number of hydrazine groups is 1. The van der Waals surface area contributed by atoms with Crippen molar-refractivity contribution in [2.75, 3.05) is 33.5 Å². The number of aliphatic imine (C=N–C) groups is 1. The molecular formula is C29H36N8. The molecule has 37 heavy (non-hydrogen) atoms. The third-order valence-corrected chi connectivity index (χ3v) is 6.17. The van der Waals surface area contributed by atoms with Crippen LogP contribution in [0.25, 0.3) is 22.3 Å². The Morgan fingerprint density at radius 2 is 1.89 bits per heavy atom. The van der Waals surface area contributed by atoms with Gasteiger partial charge in [-0.25, -0.2) is 4.98 Å². The highest BCUT2D eigenvalue weighted by molar-refractivity contribution is 6.19. The number of pyridine rings is 2. The van der Waals surface area contributed by atoms with Crippen molar-refractivity contribution in [3.63, 3.8) is 0 Å². The van der Waals surface area contributed by atoms with Gasteiger partial charge >= 0.3 is 0 Å². The van der Waals surface area contributed by atoms with Crippen LogP contribution < -0.4 is 16.5 Å². The number of nitrogens with two attached hydrogens (primary N) is 1. The maximum absolute atomic E-state index is 6.65. The number of nitrogens with zero attached hydrogens (tertiary/aromatic N) is 5. The summed E-state index contributed by atoms with van der Waals surface area (Å²) in [4.78, 5) is 15.9. The molecule has 3 heterocycles. The summed E-state index contributed by atoms with van der Waals surface area (Å²) in [6.07, 6.45) is 7.75. The number of anilines is 1. The molecule has 3 aromatic rings. The van der Waals surface area contributed by atoms with E-state index in [2.05, 4.69) is 83.9 Å². The van der Waals surface area contributed by atoms with Crippen LogP contribution in [0.5, 0.6) is 0 Å². The van der Waals surface area contributed by atoms with Crippen molar-refractivity contribution in [2.24, 2.45) is 16.6 Å². The van der Waals surface area contributed by atoms with E-state index in [1.807, 2.05) is 42.7 Å². The third kappa shape index (κ3) is 6.16. The summed E-state index contributed by atoms with van der Waals surface area (Å²) in [6.45, 7) is 5.22. The van der Waals surface area contributed by atoms with Gasteiger partial charge in [0, 0.05) is 56.1 Å². The van der Waals surface area contributed by atoms with Crippen molar-refractivity contribution in [2.45, 2.75) is 20.4 Å². The molecule has 0 amide bonds. The molecule has 1 aliphatic heterocycles. The highest BCUT2D eigenvalue weighted by Gasteiger charge is 2.14. The van der Waals surface area contributed by atoms with Crippen molar-refractivity contribution in [1.82, 2.24) is 25.3 Å². The number of hydrogen-bond acceptors (Lipinski definition) is 8. The fraction of sp³-hybridized carbons (Fsp3) is 0.276. The number of nitrogens with one attached hydrogen (secondary N) is 2. The average molecular weight is 497 g/mol. The van der Waals surface area contributed by atoms with E-state index in [9.17, 15) is 0 Å². The Bertz CT molecular complexity index is 1380. The maximum Gasteiger partial charge on any atom is 0.132 e. The van der Waals surface area contributed by atoms with Crippen LogP contribution in [0.4, 0.5) is 5.82 Å². The molecule has 0 radical (unpaired) electrons. The minimum absolute atomic E-state index is 0.411. The van der Waals surface area contributed by atoms with Crippen molar-refractivity contribution in [3.8, 4) is 0 Å². The normalized spacial score (nSPS) is 14.6. The van der Waals surface area contributed by atoms with E-state index in [-0.39, 0.29) is 0 Å². The Morgan fingerprint density at radius 1 is 1.14 bits per heavy atom. The molecule has 0 atom stereocenters. The van der Waals surface area contributed by atoms with Gasteiger partial charge in [-0.1, -0.05) is 38.1 Å². The molecule has 1 aliphatic rings. The van der Waals surface area contributed by atoms with E-state index in [4.69, 9.17) is 10.7 Å². The first-order valence-corrected chi connectivity index (χ1v) is 12.4. The minimum Gasteiger partial charge on any atom is -0.398 e. The van der Waals surface area contributed by atoms with Gasteiger partial charge in [-0.2, -0.15) is 0 Å². The Morgan fingerprint density at radius 3 is 2.57 bits per heavy atom. The minimum atomic E-state index is 0.411. The molecule has 4 N–H and O–H groups in total. The summed E-state index contributed by atoms with van der Waals surface area (Å²) in [5.74, 6) is 2.06. The lowest BCUT2D eigenvalue weighted by Crippen LogP contribution is -2.36. The molecule has 0 aliphatic carbocycles. The van der Waals surface area contributed by atoms with Crippen LogP contribution >= 0.6 is 0 Å². The van der Waals surface area contributed by atoms with Gasteiger partial charge in [-0.05, 0) is 61.0 Å². The van der Waals surface area contributed by atoms with Gasteiger partial charge in [0.1, 0.15) is 11.6 Å². The van der Waals surface area contributed by atoms with Gasteiger partial charge in [0.25, 0.3) is 0 Å². The summed E-state index contributed by atoms with van der Waals surface area (Å²) >= 11 is 0. The predicted octanol–water partition coefficient (Wildman–Crippen LogP) is 4.46. The molecule has 8 heteroatoms. The first-order chi connectivity index (χ1) is 17.7. The summed E-state index contributed by atoms with van der Waals surface area (Å²) in [6, 6.07) is 14.2. The Hall–Kier alpha value is -4.17. The van der Waals surface area contributed by atoms with Gasteiger partial charge in [0.05, 0.1) is 11.0 Å². The summed E-state index contributed by atoms with van der Waals surface area (Å²) in [5.41, 5.74) is 17.2. The zero-order valence-electron chi connectivity index (χ0n) is 22.4. The van der Waals surface area contributed by atoms with E-state index >= 15 is 0 Å². The first-order valence-electron chi connectivity index (χ1n) is 12.4. The predicted molar refractivity (Wildman–Crippen MR) is 154 cm³/mol. The number of rotatable bonds is 8. The van der Waals surface area contributed by atoms with Gasteiger partial charge in [-0.3, -0.25) is 15.0 Å². The summed E-state index contributed by atoms with van der Waals surface area (Å²) in [5, 5.41) is 5.35. The van der Waals surface area contributed by atoms with E-state index in [0.29, 0.717) is 11.6 Å². The largest absolute Gasteiger partial charge is 0.398 e. The molecule has 0 unspecified atom stereocenters. The quantitative estimate of drug-likeness (QED) is 0.396. The number of allylic oxidation sites excluding steroid dienone is 3. The number of benzene rings is 1. The number of aromatic nitrogens is 2. The topological polar surface area (TPSA) is 94.7 Å². The van der Waals surface area contributed by atoms with Crippen molar-refractivity contribution < 1.29 is 0 Å². The summed E-state index contributed by atoms with van der Waals surface area (Å²) < 4.78 is 0. The van der Waals surface area contributed by atoms with Crippen LogP contribution in [0.2, 0.25) is 0 Å². The summed E-state index contributed by atoms with van der Waals surface area (Å²) in [7, 11) is 7.82. The first kappa shape index (κ1) is 25.9. The molecule has 2 aromatic heterocycles. The van der Waals surface area contributed by atoms with Crippen molar-refractivity contribution in [1.29, 1.82) is 0 Å². The smallest absolute Gasteiger partial charge is 0.132 e. The SMILES string of the molecule is CN=CC(=C(N)c1ccc(CN(C)C)cc1)c1cnc2ccc(NC3=CC(C(C)C)=CNN3C)nc2c1. The second-order valence-electron chi connectivity index (χ2n) is 9.75. The fourth-order valence-electron chi connectivity index (χ4n) is 4.08. The number of fused-ring (bicyclic) bond motifs is 1. The Labute approximate surface area is 219 Å². The lowest BCUT2D eigenvalue weighted by atomic mass is 10.0. The van der Waals surface area contributed by atoms with E-state index in [0.717, 1.165) is 45.9 Å². The van der Waals surface area contributed by atoms with E-state index in [1.54, 1.807) is 13.3 Å². The second-order valence-corrected chi connectivity index (χ2v) is 9.75. The molecule has 8 nitrogen and oxygen atoms in total. The molecule has 0 saturated heterocycles. The standard InChI is InChI=1S/C29H36N8/c1-19(2)22-14-28(37(6)33-16-22)35-27-12-11-25-26(34-27)13-23(15-32-25)24(17-31-3)29(30)21-9-7-20(8-10-21)18-36(4)5/h7-17,19,33H,18,30H2,1-6H3,(H,34,35). The lowest BCUT2D eigenvalue weighted by molar-refractivity contribution is 0.346. The molecule has 192 valence electrons. The molecular weight excluding hydrogens is 460 g/mol. The second kappa shape index (κ2) is 11.3. The molecule has 1 aromatic carbocycles. The van der Waals surface area contributed by atoms with Crippen LogP contribution in [0.3, 0.4) is 0 Å². The van der Waals surface area contributed by atoms with E-state index in [1.165, 1.54) is 11.1 Å². The zero-order valence-corrected chi connectivity index (χ0v) is 22.4. The van der Waals surface area contributed by atoms with Gasteiger partial charge in [0.15, 0.2) is 0 Å². The molecule has 4 rings (SSSR count). The average Bonchev–Trinajstić information content (AvgIpc) is 2.87. The van der Waals surface area contributed by atoms with Gasteiger partial charge in [-0.15, -0.1) is 0 Å². The van der Waals surface area contributed by atoms with Crippen LogP contribution in [-0.2, 0) is 6.54 Å². The highest BCUT2D eigenvalue weighted by Crippen LogP contribution is 2.25. The third-order valence-electron chi connectivity index (χ3n) is 6.17. The van der Waals surface area contributed by atoms with Crippen LogP contribution in [0, 0.1) is 5.92 Å². The zero-order chi connectivity index (χ0) is 26.5.